The van der Waals surface area contributed by atoms with Gasteiger partial charge in [-0.1, -0.05) is 72.4 Å². The first-order chi connectivity index (χ1) is 13.4. The number of nitrogens with one attached hydrogen (secondary N) is 1. The average Bonchev–Trinajstić information content (AvgIpc) is 3.11. The second-order valence-corrected chi connectivity index (χ2v) is 7.73. The lowest BCUT2D eigenvalue weighted by Gasteiger charge is -2.22. The molecule has 0 unspecified atom stereocenters. The summed E-state index contributed by atoms with van der Waals surface area (Å²) in [6, 6.07) is 29.5. The number of rotatable bonds is 1. The van der Waals surface area contributed by atoms with Gasteiger partial charge in [0.25, 0.3) is 0 Å². The molecule has 0 saturated heterocycles. The van der Waals surface area contributed by atoms with Crippen molar-refractivity contribution in [1.29, 1.82) is 0 Å². The number of H-pyrrole nitrogens is 1. The Hall–Kier alpha value is -3.17. The van der Waals surface area contributed by atoms with Crippen molar-refractivity contribution in [1.82, 2.24) is 4.98 Å². The first-order valence-electron chi connectivity index (χ1n) is 8.96. The molecule has 1 aromatic heterocycles. The molecule has 4 aromatic carbocycles. The predicted molar refractivity (Wildman–Crippen MR) is 112 cm³/mol. The van der Waals surface area contributed by atoms with Crippen molar-refractivity contribution < 1.29 is 4.74 Å². The van der Waals surface area contributed by atoms with E-state index in [-0.39, 0.29) is 0 Å². The van der Waals surface area contributed by atoms with Gasteiger partial charge < -0.3 is 9.72 Å². The summed E-state index contributed by atoms with van der Waals surface area (Å²) in [5.74, 6) is 1.85. The SMILES string of the molecule is c1ccc2c(c1)Oc1cccc(-c3cccc4c3[nH]c3ccccc34)c1S2. The lowest BCUT2D eigenvalue weighted by molar-refractivity contribution is 0.455. The van der Waals surface area contributed by atoms with Crippen molar-refractivity contribution >= 4 is 33.6 Å². The van der Waals surface area contributed by atoms with Crippen molar-refractivity contribution in [2.75, 3.05) is 0 Å². The second-order valence-electron chi connectivity index (χ2n) is 6.68. The van der Waals surface area contributed by atoms with Gasteiger partial charge in [0.2, 0.25) is 0 Å². The number of aromatic amines is 1. The third-order valence-corrected chi connectivity index (χ3v) is 6.27. The highest BCUT2D eigenvalue weighted by Crippen LogP contribution is 2.51. The average molecular weight is 365 g/mol. The molecule has 0 radical (unpaired) electrons. The number of aromatic nitrogens is 1. The summed E-state index contributed by atoms with van der Waals surface area (Å²) in [5, 5.41) is 2.51. The molecule has 0 saturated carbocycles. The Labute approximate surface area is 160 Å². The van der Waals surface area contributed by atoms with Gasteiger partial charge >= 0.3 is 0 Å². The van der Waals surface area contributed by atoms with Gasteiger partial charge in [-0.05, 0) is 24.3 Å². The maximum Gasteiger partial charge on any atom is 0.142 e. The van der Waals surface area contributed by atoms with Crippen LogP contribution in [0.3, 0.4) is 0 Å². The van der Waals surface area contributed by atoms with Gasteiger partial charge in [-0.15, -0.1) is 0 Å². The Morgan fingerprint density at radius 3 is 2.37 bits per heavy atom. The lowest BCUT2D eigenvalue weighted by atomic mass is 10.0. The Bertz CT molecular complexity index is 1340. The quantitative estimate of drug-likeness (QED) is 0.332. The Morgan fingerprint density at radius 1 is 0.630 bits per heavy atom. The zero-order chi connectivity index (χ0) is 17.8. The van der Waals surface area contributed by atoms with Crippen LogP contribution in [0.5, 0.6) is 11.5 Å². The topological polar surface area (TPSA) is 25.0 Å². The van der Waals surface area contributed by atoms with Crippen molar-refractivity contribution in [3.63, 3.8) is 0 Å². The highest BCUT2D eigenvalue weighted by atomic mass is 32.2. The van der Waals surface area contributed by atoms with Crippen LogP contribution < -0.4 is 4.74 Å². The van der Waals surface area contributed by atoms with Crippen LogP contribution in [0, 0.1) is 0 Å². The van der Waals surface area contributed by atoms with E-state index >= 15 is 0 Å². The molecule has 6 rings (SSSR count). The molecule has 5 aromatic rings. The number of hydrogen-bond acceptors (Lipinski definition) is 2. The third-order valence-electron chi connectivity index (χ3n) is 5.09. The van der Waals surface area contributed by atoms with Gasteiger partial charge in [0.05, 0.1) is 15.3 Å². The minimum atomic E-state index is 0.921. The van der Waals surface area contributed by atoms with Crippen molar-refractivity contribution in [3.8, 4) is 22.6 Å². The fourth-order valence-electron chi connectivity index (χ4n) is 3.86. The van der Waals surface area contributed by atoms with Crippen LogP contribution in [0.4, 0.5) is 0 Å². The van der Waals surface area contributed by atoms with E-state index in [2.05, 4.69) is 71.7 Å². The maximum atomic E-state index is 6.18. The van der Waals surface area contributed by atoms with E-state index in [9.17, 15) is 0 Å². The molecule has 3 heteroatoms. The van der Waals surface area contributed by atoms with Crippen LogP contribution in [0.1, 0.15) is 0 Å². The molecule has 27 heavy (non-hydrogen) atoms. The van der Waals surface area contributed by atoms with Gasteiger partial charge in [-0.2, -0.15) is 0 Å². The molecular formula is C24H15NOS. The zero-order valence-corrected chi connectivity index (χ0v) is 15.2. The van der Waals surface area contributed by atoms with Gasteiger partial charge in [-0.25, -0.2) is 0 Å². The number of benzene rings is 4. The minimum Gasteiger partial charge on any atom is -0.455 e. The molecule has 128 valence electrons. The molecular weight excluding hydrogens is 350 g/mol. The normalized spacial score (nSPS) is 12.6. The van der Waals surface area contributed by atoms with E-state index in [0.717, 1.165) is 16.4 Å². The maximum absolute atomic E-state index is 6.18. The molecule has 0 fully saturated rings. The van der Waals surface area contributed by atoms with Crippen molar-refractivity contribution in [2.24, 2.45) is 0 Å². The summed E-state index contributed by atoms with van der Waals surface area (Å²) >= 11 is 1.78. The molecule has 0 amide bonds. The number of fused-ring (bicyclic) bond motifs is 5. The van der Waals surface area contributed by atoms with Gasteiger partial charge in [0, 0.05) is 27.4 Å². The number of hydrogen-bond donors (Lipinski definition) is 1. The van der Waals surface area contributed by atoms with Crippen molar-refractivity contribution in [3.05, 3.63) is 84.9 Å². The Balaban J connectivity index is 1.61. The lowest BCUT2D eigenvalue weighted by Crippen LogP contribution is -1.96. The second kappa shape index (κ2) is 5.66. The monoisotopic (exact) mass is 365 g/mol. The summed E-state index contributed by atoms with van der Waals surface area (Å²) in [5.41, 5.74) is 4.74. The molecule has 0 bridgehead atoms. The van der Waals surface area contributed by atoms with E-state index in [1.165, 1.54) is 37.8 Å². The molecule has 0 atom stereocenters. The summed E-state index contributed by atoms with van der Waals surface area (Å²) < 4.78 is 6.18. The zero-order valence-electron chi connectivity index (χ0n) is 14.4. The fourth-order valence-corrected chi connectivity index (χ4v) is 4.93. The molecule has 2 nitrogen and oxygen atoms in total. The third kappa shape index (κ3) is 2.22. The predicted octanol–water partition coefficient (Wildman–Crippen LogP) is 7.25. The molecule has 0 aliphatic carbocycles. The minimum absolute atomic E-state index is 0.921. The smallest absolute Gasteiger partial charge is 0.142 e. The Kier molecular flexibility index (Phi) is 3.13. The molecule has 2 heterocycles. The summed E-state index contributed by atoms with van der Waals surface area (Å²) in [4.78, 5) is 5.94. The van der Waals surface area contributed by atoms with E-state index in [0.29, 0.717) is 0 Å². The first-order valence-corrected chi connectivity index (χ1v) is 9.78. The van der Waals surface area contributed by atoms with Crippen molar-refractivity contribution in [2.45, 2.75) is 9.79 Å². The van der Waals surface area contributed by atoms with Crippen LogP contribution >= 0.6 is 11.8 Å². The largest absolute Gasteiger partial charge is 0.455 e. The van der Waals surface area contributed by atoms with E-state index in [1.807, 2.05) is 18.2 Å². The van der Waals surface area contributed by atoms with Crippen LogP contribution in [0.25, 0.3) is 32.9 Å². The van der Waals surface area contributed by atoms with Gasteiger partial charge in [0.1, 0.15) is 11.5 Å². The standard InChI is InChI=1S/C24H15NOS/c1-2-11-19-15(7-1)16-8-5-9-17(23(16)25-19)18-10-6-13-21-24(18)27-22-14-4-3-12-20(22)26-21/h1-14,25H. The number of para-hydroxylation sites is 3. The molecule has 1 aliphatic heterocycles. The fraction of sp³-hybridized carbons (Fsp3) is 0. The van der Waals surface area contributed by atoms with Crippen LogP contribution in [0.2, 0.25) is 0 Å². The summed E-state index contributed by atoms with van der Waals surface area (Å²) in [6.45, 7) is 0. The van der Waals surface area contributed by atoms with Gasteiger partial charge in [-0.3, -0.25) is 0 Å². The Morgan fingerprint density at radius 2 is 1.37 bits per heavy atom. The summed E-state index contributed by atoms with van der Waals surface area (Å²) in [6.07, 6.45) is 0. The van der Waals surface area contributed by atoms with Gasteiger partial charge in [0.15, 0.2) is 0 Å². The molecule has 1 N–H and O–H groups in total. The highest BCUT2D eigenvalue weighted by Gasteiger charge is 2.22. The van der Waals surface area contributed by atoms with E-state index < -0.39 is 0 Å². The van der Waals surface area contributed by atoms with E-state index in [4.69, 9.17) is 4.74 Å². The molecule has 0 spiro atoms. The number of ether oxygens (including phenoxy) is 1. The van der Waals surface area contributed by atoms with Crippen LogP contribution in [-0.2, 0) is 0 Å². The molecule has 1 aliphatic rings. The van der Waals surface area contributed by atoms with Crippen LogP contribution in [0.15, 0.2) is 94.7 Å². The summed E-state index contributed by atoms with van der Waals surface area (Å²) in [7, 11) is 0. The first kappa shape index (κ1) is 14.9. The van der Waals surface area contributed by atoms with E-state index in [1.54, 1.807) is 11.8 Å². The highest BCUT2D eigenvalue weighted by molar-refractivity contribution is 7.99. The van der Waals surface area contributed by atoms with Crippen LogP contribution in [-0.4, -0.2) is 4.98 Å².